The molecule has 0 unspecified atom stereocenters. The van der Waals surface area contributed by atoms with E-state index in [9.17, 15) is 18.0 Å². The summed E-state index contributed by atoms with van der Waals surface area (Å²) in [6.45, 7) is 1.39. The van der Waals surface area contributed by atoms with Crippen LogP contribution < -0.4 is 10.3 Å². The highest BCUT2D eigenvalue weighted by atomic mass is 19.4. The third kappa shape index (κ3) is 3.10. The van der Waals surface area contributed by atoms with Gasteiger partial charge in [0.2, 0.25) is 0 Å². The lowest BCUT2D eigenvalue weighted by molar-refractivity contribution is -0.138. The van der Waals surface area contributed by atoms with Gasteiger partial charge in [-0.25, -0.2) is 4.98 Å². The van der Waals surface area contributed by atoms with Crippen molar-refractivity contribution in [1.82, 2.24) is 9.38 Å². The summed E-state index contributed by atoms with van der Waals surface area (Å²) in [6, 6.07) is 9.73. The molecule has 0 spiro atoms. The molecule has 0 atom stereocenters. The molecule has 3 rings (SSSR count). The van der Waals surface area contributed by atoms with Crippen molar-refractivity contribution in [2.45, 2.75) is 19.7 Å². The summed E-state index contributed by atoms with van der Waals surface area (Å²) in [7, 11) is 0. The van der Waals surface area contributed by atoms with Crippen LogP contribution in [-0.4, -0.2) is 9.38 Å². The van der Waals surface area contributed by atoms with E-state index in [0.717, 1.165) is 6.07 Å². The average molecular weight is 334 g/mol. The quantitative estimate of drug-likeness (QED) is 0.735. The Balaban J connectivity index is 1.97. The summed E-state index contributed by atoms with van der Waals surface area (Å²) >= 11 is 0. The zero-order valence-corrected chi connectivity index (χ0v) is 12.7. The maximum atomic E-state index is 13.0. The fraction of sp³-hybridized carbons (Fsp3) is 0.176. The molecule has 0 fully saturated rings. The number of halogens is 3. The van der Waals surface area contributed by atoms with Crippen molar-refractivity contribution in [2.24, 2.45) is 0 Å². The Labute approximate surface area is 135 Å². The van der Waals surface area contributed by atoms with Crippen LogP contribution in [0.5, 0.6) is 5.75 Å². The van der Waals surface area contributed by atoms with Crippen LogP contribution in [0.2, 0.25) is 0 Å². The minimum Gasteiger partial charge on any atom is -0.485 e. The predicted octanol–water partition coefficient (Wildman–Crippen LogP) is 3.60. The van der Waals surface area contributed by atoms with E-state index in [1.165, 1.54) is 34.9 Å². The van der Waals surface area contributed by atoms with Gasteiger partial charge >= 0.3 is 6.18 Å². The Kier molecular flexibility index (Phi) is 4.01. The number of aryl methyl sites for hydroxylation is 1. The molecule has 0 amide bonds. The fourth-order valence-electron chi connectivity index (χ4n) is 2.41. The molecule has 0 aliphatic heterocycles. The molecule has 0 bridgehead atoms. The first-order valence-electron chi connectivity index (χ1n) is 7.13. The third-order valence-corrected chi connectivity index (χ3v) is 3.49. The molecule has 3 aromatic rings. The molecule has 0 N–H and O–H groups in total. The van der Waals surface area contributed by atoms with Gasteiger partial charge in [-0.2, -0.15) is 13.2 Å². The summed E-state index contributed by atoms with van der Waals surface area (Å²) in [5.41, 5.74) is -0.231. The molecule has 124 valence electrons. The zero-order chi connectivity index (χ0) is 17.3. The molecule has 0 aliphatic carbocycles. The van der Waals surface area contributed by atoms with E-state index in [2.05, 4.69) is 4.98 Å². The second-order valence-corrected chi connectivity index (χ2v) is 5.25. The summed E-state index contributed by atoms with van der Waals surface area (Å²) in [4.78, 5) is 16.2. The lowest BCUT2D eigenvalue weighted by Crippen LogP contribution is -2.15. The van der Waals surface area contributed by atoms with Crippen LogP contribution in [0.1, 0.15) is 16.8 Å². The molecule has 0 saturated carbocycles. The maximum absolute atomic E-state index is 13.0. The number of aromatic nitrogens is 2. The van der Waals surface area contributed by atoms with Gasteiger partial charge in [0.25, 0.3) is 5.56 Å². The van der Waals surface area contributed by atoms with Gasteiger partial charge in [-0.3, -0.25) is 9.20 Å². The van der Waals surface area contributed by atoms with Crippen molar-refractivity contribution in [2.75, 3.05) is 0 Å². The normalized spacial score (nSPS) is 11.7. The number of benzene rings is 1. The first-order chi connectivity index (χ1) is 11.4. The van der Waals surface area contributed by atoms with Crippen LogP contribution in [0.4, 0.5) is 13.2 Å². The number of hydrogen-bond acceptors (Lipinski definition) is 3. The van der Waals surface area contributed by atoms with Crippen LogP contribution in [0.15, 0.2) is 53.5 Å². The molecule has 2 aromatic heterocycles. The first-order valence-corrected chi connectivity index (χ1v) is 7.13. The van der Waals surface area contributed by atoms with E-state index < -0.39 is 11.7 Å². The number of ether oxygens (including phenoxy) is 1. The van der Waals surface area contributed by atoms with E-state index in [0.29, 0.717) is 5.69 Å². The Morgan fingerprint density at radius 1 is 1.17 bits per heavy atom. The summed E-state index contributed by atoms with van der Waals surface area (Å²) in [5.74, 6) is 0.246. The second kappa shape index (κ2) is 5.99. The Morgan fingerprint density at radius 3 is 2.67 bits per heavy atom. The van der Waals surface area contributed by atoms with Gasteiger partial charge in [0.1, 0.15) is 6.61 Å². The number of nitrogens with zero attached hydrogens (tertiary/aromatic N) is 2. The summed E-state index contributed by atoms with van der Waals surface area (Å²) in [6.07, 6.45) is -2.93. The van der Waals surface area contributed by atoms with Crippen LogP contribution >= 0.6 is 0 Å². The number of pyridine rings is 1. The SMILES string of the molecule is Cc1cc(=O)n2cccc(OCc3ccccc3C(F)(F)F)c2n1. The smallest absolute Gasteiger partial charge is 0.416 e. The van der Waals surface area contributed by atoms with Gasteiger partial charge in [-0.05, 0) is 25.1 Å². The first kappa shape index (κ1) is 16.0. The number of rotatable bonds is 3. The third-order valence-electron chi connectivity index (χ3n) is 3.49. The van der Waals surface area contributed by atoms with Crippen molar-refractivity contribution >= 4 is 5.65 Å². The van der Waals surface area contributed by atoms with Crippen LogP contribution in [0, 0.1) is 6.92 Å². The van der Waals surface area contributed by atoms with Crippen molar-refractivity contribution in [3.05, 3.63) is 75.8 Å². The second-order valence-electron chi connectivity index (χ2n) is 5.25. The standard InChI is InChI=1S/C17H13F3N2O2/c1-11-9-15(23)22-8-4-7-14(16(22)21-11)24-10-12-5-2-3-6-13(12)17(18,19)20/h2-9H,10H2,1H3. The highest BCUT2D eigenvalue weighted by molar-refractivity contribution is 5.53. The molecule has 2 heterocycles. The van der Waals surface area contributed by atoms with Gasteiger partial charge < -0.3 is 4.74 Å². The molecule has 0 saturated heterocycles. The van der Waals surface area contributed by atoms with Crippen molar-refractivity contribution in [1.29, 1.82) is 0 Å². The number of alkyl halides is 3. The minimum atomic E-state index is -4.45. The monoisotopic (exact) mass is 334 g/mol. The van der Waals surface area contributed by atoms with Crippen molar-refractivity contribution < 1.29 is 17.9 Å². The zero-order valence-electron chi connectivity index (χ0n) is 12.7. The van der Waals surface area contributed by atoms with Crippen molar-refractivity contribution in [3.63, 3.8) is 0 Å². The molecule has 0 radical (unpaired) electrons. The Bertz CT molecular complexity index is 948. The average Bonchev–Trinajstić information content (AvgIpc) is 2.52. The number of hydrogen-bond donors (Lipinski definition) is 0. The number of fused-ring (bicyclic) bond motifs is 1. The highest BCUT2D eigenvalue weighted by Crippen LogP contribution is 2.32. The van der Waals surface area contributed by atoms with Crippen LogP contribution in [0.25, 0.3) is 5.65 Å². The van der Waals surface area contributed by atoms with E-state index >= 15 is 0 Å². The summed E-state index contributed by atoms with van der Waals surface area (Å²) < 4.78 is 45.9. The molecule has 1 aromatic carbocycles. The largest absolute Gasteiger partial charge is 0.485 e. The van der Waals surface area contributed by atoms with E-state index in [-0.39, 0.29) is 29.1 Å². The lowest BCUT2D eigenvalue weighted by Gasteiger charge is -2.14. The highest BCUT2D eigenvalue weighted by Gasteiger charge is 2.33. The summed E-state index contributed by atoms with van der Waals surface area (Å²) in [5, 5.41) is 0. The fourth-order valence-corrected chi connectivity index (χ4v) is 2.41. The molecular weight excluding hydrogens is 321 g/mol. The molecule has 24 heavy (non-hydrogen) atoms. The molecule has 4 nitrogen and oxygen atoms in total. The Hall–Kier alpha value is -2.83. The molecule has 0 aliphatic rings. The predicted molar refractivity (Wildman–Crippen MR) is 82.0 cm³/mol. The lowest BCUT2D eigenvalue weighted by atomic mass is 10.1. The van der Waals surface area contributed by atoms with E-state index in [4.69, 9.17) is 4.74 Å². The van der Waals surface area contributed by atoms with Crippen LogP contribution in [0.3, 0.4) is 0 Å². The molecular formula is C17H13F3N2O2. The van der Waals surface area contributed by atoms with Gasteiger partial charge in [0.05, 0.1) is 5.56 Å². The van der Waals surface area contributed by atoms with E-state index in [1.54, 1.807) is 19.1 Å². The maximum Gasteiger partial charge on any atom is 0.416 e. The topological polar surface area (TPSA) is 43.6 Å². The van der Waals surface area contributed by atoms with Crippen LogP contribution in [-0.2, 0) is 12.8 Å². The minimum absolute atomic E-state index is 0.0157. The Morgan fingerprint density at radius 2 is 1.92 bits per heavy atom. The molecule has 7 heteroatoms. The van der Waals surface area contributed by atoms with E-state index in [1.807, 2.05) is 0 Å². The van der Waals surface area contributed by atoms with Gasteiger partial charge in [-0.15, -0.1) is 0 Å². The van der Waals surface area contributed by atoms with Gasteiger partial charge in [-0.1, -0.05) is 18.2 Å². The van der Waals surface area contributed by atoms with Crippen molar-refractivity contribution in [3.8, 4) is 5.75 Å². The van der Waals surface area contributed by atoms with Gasteiger partial charge in [0, 0.05) is 23.5 Å². The van der Waals surface area contributed by atoms with Gasteiger partial charge in [0.15, 0.2) is 11.4 Å².